The predicted molar refractivity (Wildman–Crippen MR) is 72.6 cm³/mol. The van der Waals surface area contributed by atoms with Gasteiger partial charge in [0.05, 0.1) is 10.2 Å². The van der Waals surface area contributed by atoms with Crippen LogP contribution in [0.15, 0.2) is 30.6 Å². The van der Waals surface area contributed by atoms with Crippen molar-refractivity contribution in [1.29, 1.82) is 0 Å². The zero-order valence-corrected chi connectivity index (χ0v) is 11.0. The molecule has 2 nitrogen and oxygen atoms in total. The predicted octanol–water partition coefficient (Wildman–Crippen LogP) is 4.46. The van der Waals surface area contributed by atoms with E-state index in [1.54, 1.807) is 6.07 Å². The van der Waals surface area contributed by atoms with Crippen LogP contribution in [0, 0.1) is 12.7 Å². The van der Waals surface area contributed by atoms with Crippen LogP contribution in [0.5, 0.6) is 0 Å². The minimum atomic E-state index is -0.231. The summed E-state index contributed by atoms with van der Waals surface area (Å²) >= 11 is 7.39. The molecule has 2 heterocycles. The first-order valence-corrected chi connectivity index (χ1v) is 6.51. The van der Waals surface area contributed by atoms with Gasteiger partial charge in [-0.2, -0.15) is 0 Å². The maximum absolute atomic E-state index is 13.9. The summed E-state index contributed by atoms with van der Waals surface area (Å²) in [5, 5.41) is 0.406. The Bertz CT molecular complexity index is 739. The molecule has 18 heavy (non-hydrogen) atoms. The third kappa shape index (κ3) is 1.87. The number of aryl methyl sites for hydroxylation is 1. The second kappa shape index (κ2) is 4.30. The molecule has 0 fully saturated rings. The monoisotopic (exact) mass is 278 g/mol. The molecule has 0 bridgehead atoms. The molecular formula is C13H8ClFN2S. The summed E-state index contributed by atoms with van der Waals surface area (Å²) in [6.07, 6.45) is 1.41. The molecule has 0 amide bonds. The zero-order chi connectivity index (χ0) is 12.7. The average molecular weight is 279 g/mol. The minimum Gasteiger partial charge on any atom is -0.235 e. The highest BCUT2D eigenvalue weighted by Crippen LogP contribution is 2.36. The lowest BCUT2D eigenvalue weighted by molar-refractivity contribution is 0.630. The van der Waals surface area contributed by atoms with Gasteiger partial charge in [-0.1, -0.05) is 23.7 Å². The van der Waals surface area contributed by atoms with Crippen molar-refractivity contribution in [2.24, 2.45) is 0 Å². The summed E-state index contributed by atoms with van der Waals surface area (Å²) in [4.78, 5) is 8.86. The van der Waals surface area contributed by atoms with Gasteiger partial charge in [0.25, 0.3) is 0 Å². The van der Waals surface area contributed by atoms with E-state index in [0.29, 0.717) is 10.7 Å². The number of nitrogens with zero attached hydrogens (tertiary/aromatic N) is 2. The van der Waals surface area contributed by atoms with Gasteiger partial charge in [-0.3, -0.25) is 0 Å². The standard InChI is InChI=1S/C13H8ClFN2S/c1-7-2-3-8(9(15)4-7)11-5-10-12(18-11)13(14)17-6-16-10/h2-6H,1H3. The first kappa shape index (κ1) is 11.6. The highest BCUT2D eigenvalue weighted by molar-refractivity contribution is 7.22. The van der Waals surface area contributed by atoms with E-state index in [1.165, 1.54) is 23.7 Å². The lowest BCUT2D eigenvalue weighted by Gasteiger charge is -2.00. The summed E-state index contributed by atoms with van der Waals surface area (Å²) in [5.41, 5.74) is 2.21. The first-order chi connectivity index (χ1) is 8.65. The number of benzene rings is 1. The van der Waals surface area contributed by atoms with E-state index in [1.807, 2.05) is 19.1 Å². The van der Waals surface area contributed by atoms with Crippen LogP contribution >= 0.6 is 22.9 Å². The molecule has 0 N–H and O–H groups in total. The van der Waals surface area contributed by atoms with Crippen LogP contribution in [0.1, 0.15) is 5.56 Å². The molecule has 0 radical (unpaired) electrons. The highest BCUT2D eigenvalue weighted by Gasteiger charge is 2.11. The van der Waals surface area contributed by atoms with Crippen LogP contribution < -0.4 is 0 Å². The van der Waals surface area contributed by atoms with E-state index in [9.17, 15) is 4.39 Å². The van der Waals surface area contributed by atoms with E-state index in [4.69, 9.17) is 11.6 Å². The number of halogens is 2. The third-order valence-electron chi connectivity index (χ3n) is 2.66. The number of fused-ring (bicyclic) bond motifs is 1. The Labute approximate surface area is 112 Å². The maximum atomic E-state index is 13.9. The fourth-order valence-corrected chi connectivity index (χ4v) is 3.05. The Balaban J connectivity index is 2.23. The molecule has 0 unspecified atom stereocenters. The quantitative estimate of drug-likeness (QED) is 0.614. The lowest BCUT2D eigenvalue weighted by Crippen LogP contribution is -1.82. The van der Waals surface area contributed by atoms with E-state index < -0.39 is 0 Å². The van der Waals surface area contributed by atoms with Crippen LogP contribution in [0.3, 0.4) is 0 Å². The van der Waals surface area contributed by atoms with Crippen LogP contribution in [-0.2, 0) is 0 Å². The van der Waals surface area contributed by atoms with Gasteiger partial charge in [0.15, 0.2) is 0 Å². The van der Waals surface area contributed by atoms with Crippen molar-refractivity contribution in [2.45, 2.75) is 6.92 Å². The van der Waals surface area contributed by atoms with E-state index in [0.717, 1.165) is 20.7 Å². The largest absolute Gasteiger partial charge is 0.235 e. The molecule has 1 aromatic carbocycles. The van der Waals surface area contributed by atoms with Gasteiger partial charge >= 0.3 is 0 Å². The highest BCUT2D eigenvalue weighted by atomic mass is 35.5. The van der Waals surface area contributed by atoms with E-state index in [-0.39, 0.29) is 5.82 Å². The molecule has 2 aromatic heterocycles. The van der Waals surface area contributed by atoms with Crippen molar-refractivity contribution < 1.29 is 4.39 Å². The molecule has 5 heteroatoms. The zero-order valence-electron chi connectivity index (χ0n) is 9.45. The molecule has 0 aliphatic heterocycles. The third-order valence-corrected chi connectivity index (χ3v) is 4.22. The molecule has 0 saturated heterocycles. The number of hydrogen-bond donors (Lipinski definition) is 0. The van der Waals surface area contributed by atoms with E-state index >= 15 is 0 Å². The molecular weight excluding hydrogens is 271 g/mol. The summed E-state index contributed by atoms with van der Waals surface area (Å²) < 4.78 is 14.7. The summed E-state index contributed by atoms with van der Waals surface area (Å²) in [6.45, 7) is 1.86. The van der Waals surface area contributed by atoms with Crippen molar-refractivity contribution in [1.82, 2.24) is 9.97 Å². The Morgan fingerprint density at radius 2 is 2.06 bits per heavy atom. The normalized spacial score (nSPS) is 11.1. The van der Waals surface area contributed by atoms with Crippen molar-refractivity contribution in [3.63, 3.8) is 0 Å². The average Bonchev–Trinajstić information content (AvgIpc) is 2.74. The smallest absolute Gasteiger partial charge is 0.150 e. The first-order valence-electron chi connectivity index (χ1n) is 5.32. The molecule has 90 valence electrons. The van der Waals surface area contributed by atoms with Gasteiger partial charge in [0.2, 0.25) is 0 Å². The summed E-state index contributed by atoms with van der Waals surface area (Å²) in [6, 6.07) is 7.01. The molecule has 0 saturated carbocycles. The molecule has 3 aromatic rings. The molecule has 0 spiro atoms. The fourth-order valence-electron chi connectivity index (χ4n) is 1.78. The van der Waals surface area contributed by atoms with Gasteiger partial charge in [0, 0.05) is 10.4 Å². The number of thiophene rings is 1. The van der Waals surface area contributed by atoms with Crippen molar-refractivity contribution in [3.8, 4) is 10.4 Å². The molecule has 0 aliphatic rings. The van der Waals surface area contributed by atoms with Gasteiger partial charge in [0.1, 0.15) is 17.3 Å². The number of rotatable bonds is 1. The summed E-state index contributed by atoms with van der Waals surface area (Å²) in [5.74, 6) is -0.231. The lowest BCUT2D eigenvalue weighted by atomic mass is 10.1. The molecule has 3 rings (SSSR count). The molecule has 0 atom stereocenters. The van der Waals surface area contributed by atoms with Gasteiger partial charge < -0.3 is 0 Å². The van der Waals surface area contributed by atoms with Gasteiger partial charge in [-0.05, 0) is 24.6 Å². The SMILES string of the molecule is Cc1ccc(-c2cc3ncnc(Cl)c3s2)c(F)c1. The van der Waals surface area contributed by atoms with Crippen LogP contribution in [0.25, 0.3) is 20.7 Å². The fraction of sp³-hybridized carbons (Fsp3) is 0.0769. The second-order valence-corrected chi connectivity index (χ2v) is 5.38. The Morgan fingerprint density at radius 3 is 2.78 bits per heavy atom. The summed E-state index contributed by atoms with van der Waals surface area (Å²) in [7, 11) is 0. The molecule has 0 aliphatic carbocycles. The van der Waals surface area contributed by atoms with Gasteiger partial charge in [-0.25, -0.2) is 14.4 Å². The minimum absolute atomic E-state index is 0.231. The Hall–Kier alpha value is -1.52. The van der Waals surface area contributed by atoms with Crippen LogP contribution in [-0.4, -0.2) is 9.97 Å². The van der Waals surface area contributed by atoms with Crippen molar-refractivity contribution in [2.75, 3.05) is 0 Å². The Kier molecular flexibility index (Phi) is 2.76. The second-order valence-electron chi connectivity index (χ2n) is 3.97. The van der Waals surface area contributed by atoms with Crippen LogP contribution in [0.4, 0.5) is 4.39 Å². The van der Waals surface area contributed by atoms with Crippen LogP contribution in [0.2, 0.25) is 5.15 Å². The maximum Gasteiger partial charge on any atom is 0.150 e. The topological polar surface area (TPSA) is 25.8 Å². The van der Waals surface area contributed by atoms with Gasteiger partial charge in [-0.15, -0.1) is 11.3 Å². The number of hydrogen-bond acceptors (Lipinski definition) is 3. The van der Waals surface area contributed by atoms with E-state index in [2.05, 4.69) is 9.97 Å². The number of aromatic nitrogens is 2. The van der Waals surface area contributed by atoms with Crippen molar-refractivity contribution >= 4 is 33.2 Å². The van der Waals surface area contributed by atoms with Crippen molar-refractivity contribution in [3.05, 3.63) is 47.1 Å². The Morgan fingerprint density at radius 1 is 1.22 bits per heavy atom.